The van der Waals surface area contributed by atoms with Crippen molar-refractivity contribution in [3.05, 3.63) is 45.5 Å². The molecule has 0 unspecified atom stereocenters. The normalized spacial score (nSPS) is 14.6. The quantitative estimate of drug-likeness (QED) is 0.748. The summed E-state index contributed by atoms with van der Waals surface area (Å²) in [5.74, 6) is -0.226. The zero-order valence-electron chi connectivity index (χ0n) is 13.4. The Morgan fingerprint density at radius 2 is 1.76 bits per heavy atom. The van der Waals surface area contributed by atoms with Gasteiger partial charge in [-0.1, -0.05) is 11.6 Å². The molecular weight excluding hydrogens is 364 g/mol. The maximum Gasteiger partial charge on any atom is 0.257 e. The maximum atomic E-state index is 12.3. The first-order valence-corrected chi connectivity index (χ1v) is 9.12. The third-order valence-electron chi connectivity index (χ3n) is 4.10. The number of thiophene rings is 1. The summed E-state index contributed by atoms with van der Waals surface area (Å²) < 4.78 is 5.49. The molecule has 0 N–H and O–H groups in total. The number of rotatable bonds is 5. The van der Waals surface area contributed by atoms with Gasteiger partial charge >= 0.3 is 0 Å². The number of ketones is 1. The van der Waals surface area contributed by atoms with Crippen LogP contribution >= 0.6 is 22.9 Å². The van der Waals surface area contributed by atoms with Gasteiger partial charge in [-0.3, -0.25) is 14.4 Å². The van der Waals surface area contributed by atoms with Gasteiger partial charge < -0.3 is 14.2 Å². The second-order valence-electron chi connectivity index (χ2n) is 5.71. The lowest BCUT2D eigenvalue weighted by atomic mass is 10.1. The van der Waals surface area contributed by atoms with E-state index in [0.29, 0.717) is 41.0 Å². The summed E-state index contributed by atoms with van der Waals surface area (Å²) in [6.45, 7) is 1.90. The second kappa shape index (κ2) is 7.84. The molecule has 1 aliphatic heterocycles. The summed E-state index contributed by atoms with van der Waals surface area (Å²) in [6.07, 6.45) is 3.22. The number of nitrogens with zero attached hydrogens (tertiary/aromatic N) is 2. The van der Waals surface area contributed by atoms with Crippen molar-refractivity contribution in [2.24, 2.45) is 0 Å². The average molecular weight is 381 g/mol. The zero-order chi connectivity index (χ0) is 17.8. The summed E-state index contributed by atoms with van der Waals surface area (Å²) in [4.78, 5) is 40.5. The lowest BCUT2D eigenvalue weighted by Crippen LogP contribution is -2.50. The molecular formula is C17H17ClN2O4S. The van der Waals surface area contributed by atoms with E-state index >= 15 is 0 Å². The molecule has 1 saturated heterocycles. The molecule has 0 aliphatic carbocycles. The fourth-order valence-corrected chi connectivity index (χ4v) is 3.70. The minimum atomic E-state index is -0.0920. The van der Waals surface area contributed by atoms with Gasteiger partial charge in [-0.05, 0) is 18.2 Å². The van der Waals surface area contributed by atoms with Crippen molar-refractivity contribution in [3.8, 4) is 0 Å². The number of hydrogen-bond acceptors (Lipinski definition) is 5. The molecule has 0 saturated carbocycles. The van der Waals surface area contributed by atoms with Crippen LogP contribution in [0.5, 0.6) is 0 Å². The van der Waals surface area contributed by atoms with Crippen LogP contribution in [-0.4, -0.2) is 53.6 Å². The highest BCUT2D eigenvalue weighted by Crippen LogP contribution is 2.23. The molecule has 0 spiro atoms. The van der Waals surface area contributed by atoms with Crippen molar-refractivity contribution >= 4 is 40.5 Å². The molecule has 0 bridgehead atoms. The van der Waals surface area contributed by atoms with Gasteiger partial charge in [0.1, 0.15) is 6.26 Å². The van der Waals surface area contributed by atoms with Crippen molar-refractivity contribution in [1.29, 1.82) is 0 Å². The van der Waals surface area contributed by atoms with E-state index < -0.39 is 0 Å². The molecule has 0 aromatic carbocycles. The molecule has 8 heteroatoms. The van der Waals surface area contributed by atoms with E-state index in [1.807, 2.05) is 0 Å². The van der Waals surface area contributed by atoms with Gasteiger partial charge in [0.2, 0.25) is 5.91 Å². The lowest BCUT2D eigenvalue weighted by Gasteiger charge is -2.34. The Hall–Kier alpha value is -2.12. The highest BCUT2D eigenvalue weighted by Gasteiger charge is 2.25. The molecule has 1 aliphatic rings. The van der Waals surface area contributed by atoms with E-state index in [9.17, 15) is 14.4 Å². The maximum absolute atomic E-state index is 12.3. The van der Waals surface area contributed by atoms with Crippen LogP contribution in [0.4, 0.5) is 0 Å². The predicted octanol–water partition coefficient (Wildman–Crippen LogP) is 2.94. The highest BCUT2D eigenvalue weighted by atomic mass is 35.5. The summed E-state index contributed by atoms with van der Waals surface area (Å²) in [5, 5.41) is 0. The smallest absolute Gasteiger partial charge is 0.257 e. The molecule has 2 aromatic rings. The van der Waals surface area contributed by atoms with Crippen molar-refractivity contribution in [2.75, 3.05) is 26.2 Å². The molecule has 1 fully saturated rings. The second-order valence-corrected chi connectivity index (χ2v) is 7.43. The number of hydrogen-bond donors (Lipinski definition) is 0. The first-order chi connectivity index (χ1) is 12.0. The number of carbonyl (C=O) groups excluding carboxylic acids is 3. The predicted molar refractivity (Wildman–Crippen MR) is 94.1 cm³/mol. The van der Waals surface area contributed by atoms with E-state index in [4.69, 9.17) is 16.0 Å². The van der Waals surface area contributed by atoms with Gasteiger partial charge in [-0.25, -0.2) is 0 Å². The highest BCUT2D eigenvalue weighted by molar-refractivity contribution is 7.18. The van der Waals surface area contributed by atoms with Crippen molar-refractivity contribution in [2.45, 2.75) is 12.8 Å². The Balaban J connectivity index is 1.45. The van der Waals surface area contributed by atoms with Crippen molar-refractivity contribution in [1.82, 2.24) is 9.80 Å². The molecule has 0 radical (unpaired) electrons. The van der Waals surface area contributed by atoms with Gasteiger partial charge in [-0.15, -0.1) is 11.3 Å². The van der Waals surface area contributed by atoms with Gasteiger partial charge in [0.05, 0.1) is 21.0 Å². The fraction of sp³-hybridized carbons (Fsp3) is 0.353. The number of carbonyl (C=O) groups is 3. The standard InChI is InChI=1S/C17H17ClN2O4S/c18-15-3-2-14(25-15)13(21)1-4-16(22)19-6-8-20(9-7-19)17(23)12-5-10-24-11-12/h2-3,5,10-11H,1,4,6-9H2. The van der Waals surface area contributed by atoms with Gasteiger partial charge in [0.15, 0.2) is 5.78 Å². The first kappa shape index (κ1) is 17.7. The Morgan fingerprint density at radius 1 is 1.04 bits per heavy atom. The van der Waals surface area contributed by atoms with Crippen LogP contribution in [0.1, 0.15) is 32.9 Å². The van der Waals surface area contributed by atoms with E-state index in [0.717, 1.165) is 0 Å². The van der Waals surface area contributed by atoms with Crippen molar-refractivity contribution < 1.29 is 18.8 Å². The number of piperazine rings is 1. The van der Waals surface area contributed by atoms with Gasteiger partial charge in [0, 0.05) is 39.0 Å². The molecule has 3 rings (SSSR count). The van der Waals surface area contributed by atoms with Crippen LogP contribution < -0.4 is 0 Å². The molecule has 2 aromatic heterocycles. The monoisotopic (exact) mass is 380 g/mol. The number of halogens is 1. The van der Waals surface area contributed by atoms with Crippen LogP contribution in [0.2, 0.25) is 4.34 Å². The van der Waals surface area contributed by atoms with Gasteiger partial charge in [-0.2, -0.15) is 0 Å². The van der Waals surface area contributed by atoms with E-state index in [1.54, 1.807) is 28.0 Å². The third kappa shape index (κ3) is 4.29. The molecule has 2 amide bonds. The Labute approximate surface area is 154 Å². The Kier molecular flexibility index (Phi) is 5.55. The summed E-state index contributed by atoms with van der Waals surface area (Å²) in [5.41, 5.74) is 0.514. The average Bonchev–Trinajstić information content (AvgIpc) is 3.30. The molecule has 6 nitrogen and oxygen atoms in total. The number of amides is 2. The molecule has 3 heterocycles. The number of furan rings is 1. The van der Waals surface area contributed by atoms with Crippen molar-refractivity contribution in [3.63, 3.8) is 0 Å². The molecule has 132 valence electrons. The Morgan fingerprint density at radius 3 is 2.36 bits per heavy atom. The largest absolute Gasteiger partial charge is 0.472 e. The third-order valence-corrected chi connectivity index (χ3v) is 5.37. The summed E-state index contributed by atoms with van der Waals surface area (Å²) in [6, 6.07) is 4.99. The summed E-state index contributed by atoms with van der Waals surface area (Å²) in [7, 11) is 0. The van der Waals surface area contributed by atoms with Crippen LogP contribution in [0, 0.1) is 0 Å². The Bertz CT molecular complexity index is 763. The molecule has 0 atom stereocenters. The van der Waals surface area contributed by atoms with Gasteiger partial charge in [0.25, 0.3) is 5.91 Å². The topological polar surface area (TPSA) is 70.8 Å². The van der Waals surface area contributed by atoms with Crippen LogP contribution in [0.25, 0.3) is 0 Å². The van der Waals surface area contributed by atoms with E-state index in [2.05, 4.69) is 0 Å². The zero-order valence-corrected chi connectivity index (χ0v) is 15.0. The number of Topliss-reactive ketones (excluding diaryl/α,β-unsaturated/α-hetero) is 1. The first-order valence-electron chi connectivity index (χ1n) is 7.92. The summed E-state index contributed by atoms with van der Waals surface area (Å²) >= 11 is 7.04. The van der Waals surface area contributed by atoms with E-state index in [1.165, 1.54) is 23.9 Å². The minimum absolute atomic E-state index is 0.0635. The minimum Gasteiger partial charge on any atom is -0.472 e. The molecule has 25 heavy (non-hydrogen) atoms. The van der Waals surface area contributed by atoms with Crippen LogP contribution in [0.3, 0.4) is 0 Å². The van der Waals surface area contributed by atoms with Crippen LogP contribution in [-0.2, 0) is 4.79 Å². The van der Waals surface area contributed by atoms with Crippen LogP contribution in [0.15, 0.2) is 35.1 Å². The SMILES string of the molecule is O=C(CCC(=O)N1CCN(C(=O)c2ccoc2)CC1)c1ccc(Cl)s1. The lowest BCUT2D eigenvalue weighted by molar-refractivity contribution is -0.132. The fourth-order valence-electron chi connectivity index (χ4n) is 2.69. The van der Waals surface area contributed by atoms with E-state index in [-0.39, 0.29) is 30.4 Å².